The fourth-order valence-electron chi connectivity index (χ4n) is 2.11. The fraction of sp³-hybridized carbons (Fsp3) is 0.364. The molecular weight excluding hydrogens is 212 g/mol. The summed E-state index contributed by atoms with van der Waals surface area (Å²) in [6, 6.07) is 9.32. The third-order valence-corrected chi connectivity index (χ3v) is 4.44. The van der Waals surface area contributed by atoms with Crippen LogP contribution in [0, 0.1) is 5.92 Å². The summed E-state index contributed by atoms with van der Waals surface area (Å²) in [5.74, 6) is -0.499. The topological polar surface area (TPSA) is 51.2 Å². The molecule has 0 saturated heterocycles. The predicted octanol–water partition coefficient (Wildman–Crippen LogP) is 1.01. The lowest BCUT2D eigenvalue weighted by atomic mass is 10.1. The minimum Gasteiger partial charge on any atom is -0.303 e. The van der Waals surface area contributed by atoms with E-state index in [1.165, 1.54) is 6.26 Å². The number of aldehydes is 1. The van der Waals surface area contributed by atoms with Crippen LogP contribution in [0.25, 0.3) is 0 Å². The highest BCUT2D eigenvalue weighted by atomic mass is 32.2. The number of hydrogen-bond donors (Lipinski definition) is 0. The molecule has 0 spiro atoms. The van der Waals surface area contributed by atoms with Crippen molar-refractivity contribution in [3.8, 4) is 0 Å². The van der Waals surface area contributed by atoms with Crippen molar-refractivity contribution < 1.29 is 13.2 Å². The molecule has 0 unspecified atom stereocenters. The van der Waals surface area contributed by atoms with Crippen molar-refractivity contribution >= 4 is 16.1 Å². The molecule has 0 aromatic heterocycles. The summed E-state index contributed by atoms with van der Waals surface area (Å²) in [5, 5.41) is -0.516. The number of benzene rings is 1. The zero-order chi connectivity index (χ0) is 11.1. The molecular formula is C11H12O3S. The molecule has 0 N–H and O–H groups in total. The summed E-state index contributed by atoms with van der Waals surface area (Å²) in [7, 11) is -3.12. The first kappa shape index (κ1) is 10.4. The first-order chi connectivity index (χ1) is 7.05. The van der Waals surface area contributed by atoms with Gasteiger partial charge in [0.15, 0.2) is 9.84 Å². The van der Waals surface area contributed by atoms with Crippen molar-refractivity contribution in [2.24, 2.45) is 5.92 Å². The molecule has 1 aromatic rings. The third-order valence-electron chi connectivity index (χ3n) is 2.84. The SMILES string of the molecule is CS(=O)(=O)[C@@H]1[C@@H](C=O)[C@H]1c1ccccc1. The van der Waals surface area contributed by atoms with Crippen LogP contribution in [0.2, 0.25) is 0 Å². The van der Waals surface area contributed by atoms with Crippen LogP contribution < -0.4 is 0 Å². The number of carbonyl (C=O) groups is 1. The van der Waals surface area contributed by atoms with E-state index in [0.29, 0.717) is 0 Å². The predicted molar refractivity (Wildman–Crippen MR) is 57.4 cm³/mol. The molecule has 2 rings (SSSR count). The number of sulfone groups is 1. The molecule has 0 radical (unpaired) electrons. The van der Waals surface area contributed by atoms with E-state index in [0.717, 1.165) is 11.8 Å². The lowest BCUT2D eigenvalue weighted by Crippen LogP contribution is -2.07. The Morgan fingerprint density at radius 2 is 1.80 bits per heavy atom. The van der Waals surface area contributed by atoms with E-state index in [1.807, 2.05) is 30.3 Å². The summed E-state index contributed by atoms with van der Waals surface area (Å²) in [6.45, 7) is 0. The van der Waals surface area contributed by atoms with Gasteiger partial charge in [-0.1, -0.05) is 30.3 Å². The lowest BCUT2D eigenvalue weighted by Gasteiger charge is -1.97. The van der Waals surface area contributed by atoms with Gasteiger partial charge in [0.05, 0.1) is 5.25 Å². The maximum absolute atomic E-state index is 11.4. The quantitative estimate of drug-likeness (QED) is 0.720. The van der Waals surface area contributed by atoms with Gasteiger partial charge in [-0.2, -0.15) is 0 Å². The van der Waals surface area contributed by atoms with Crippen LogP contribution >= 0.6 is 0 Å². The molecule has 1 fully saturated rings. The molecule has 0 heterocycles. The lowest BCUT2D eigenvalue weighted by molar-refractivity contribution is -0.108. The Hall–Kier alpha value is -1.16. The summed E-state index contributed by atoms with van der Waals surface area (Å²) < 4.78 is 22.8. The van der Waals surface area contributed by atoms with Gasteiger partial charge in [0.1, 0.15) is 6.29 Å². The summed E-state index contributed by atoms with van der Waals surface area (Å²) in [4.78, 5) is 10.7. The summed E-state index contributed by atoms with van der Waals surface area (Å²) in [6.07, 6.45) is 1.94. The van der Waals surface area contributed by atoms with Gasteiger partial charge in [-0.25, -0.2) is 8.42 Å². The van der Waals surface area contributed by atoms with Crippen molar-refractivity contribution in [2.75, 3.05) is 6.26 Å². The zero-order valence-corrected chi connectivity index (χ0v) is 9.15. The average molecular weight is 224 g/mol. The Bertz CT molecular complexity index is 464. The van der Waals surface area contributed by atoms with Crippen LogP contribution in [-0.2, 0) is 14.6 Å². The van der Waals surface area contributed by atoms with Crippen LogP contribution in [0.4, 0.5) is 0 Å². The highest BCUT2D eigenvalue weighted by Crippen LogP contribution is 2.50. The Morgan fingerprint density at radius 3 is 2.20 bits per heavy atom. The minimum absolute atomic E-state index is 0.140. The normalized spacial score (nSPS) is 29.8. The molecule has 0 bridgehead atoms. The van der Waals surface area contributed by atoms with Gasteiger partial charge >= 0.3 is 0 Å². The Kier molecular flexibility index (Phi) is 2.38. The van der Waals surface area contributed by atoms with Crippen molar-refractivity contribution in [1.82, 2.24) is 0 Å². The van der Waals surface area contributed by atoms with Gasteiger partial charge in [-0.05, 0) is 5.56 Å². The van der Waals surface area contributed by atoms with E-state index in [4.69, 9.17) is 0 Å². The van der Waals surface area contributed by atoms with Crippen molar-refractivity contribution in [1.29, 1.82) is 0 Å². The molecule has 3 atom stereocenters. The van der Waals surface area contributed by atoms with E-state index in [2.05, 4.69) is 0 Å². The molecule has 3 nitrogen and oxygen atoms in total. The number of carbonyl (C=O) groups excluding carboxylic acids is 1. The molecule has 0 aliphatic heterocycles. The molecule has 4 heteroatoms. The first-order valence-electron chi connectivity index (χ1n) is 4.75. The van der Waals surface area contributed by atoms with E-state index >= 15 is 0 Å². The van der Waals surface area contributed by atoms with Gasteiger partial charge in [0.25, 0.3) is 0 Å². The number of rotatable bonds is 3. The van der Waals surface area contributed by atoms with Crippen molar-refractivity contribution in [2.45, 2.75) is 11.2 Å². The van der Waals surface area contributed by atoms with Gasteiger partial charge < -0.3 is 4.79 Å². The van der Waals surface area contributed by atoms with Crippen LogP contribution in [0.5, 0.6) is 0 Å². The highest BCUT2D eigenvalue weighted by Gasteiger charge is 2.56. The fourth-order valence-corrected chi connectivity index (χ4v) is 3.69. The molecule has 1 aromatic carbocycles. The van der Waals surface area contributed by atoms with Crippen LogP contribution in [-0.4, -0.2) is 26.2 Å². The number of hydrogen-bond acceptors (Lipinski definition) is 3. The van der Waals surface area contributed by atoms with Gasteiger partial charge in [0, 0.05) is 18.1 Å². The summed E-state index contributed by atoms with van der Waals surface area (Å²) >= 11 is 0. The first-order valence-corrected chi connectivity index (χ1v) is 6.70. The van der Waals surface area contributed by atoms with E-state index in [-0.39, 0.29) is 11.8 Å². The van der Waals surface area contributed by atoms with Gasteiger partial charge in [0.2, 0.25) is 0 Å². The second-order valence-electron chi connectivity index (χ2n) is 3.94. The Labute approximate surface area is 89.0 Å². The maximum atomic E-state index is 11.4. The van der Waals surface area contributed by atoms with Gasteiger partial charge in [-0.15, -0.1) is 0 Å². The van der Waals surface area contributed by atoms with Crippen LogP contribution in [0.3, 0.4) is 0 Å². The second kappa shape index (κ2) is 3.45. The Morgan fingerprint density at radius 1 is 1.20 bits per heavy atom. The minimum atomic E-state index is -3.12. The zero-order valence-electron chi connectivity index (χ0n) is 8.33. The standard InChI is InChI=1S/C11H12O3S/c1-15(13,14)11-9(7-12)10(11)8-5-3-2-4-6-8/h2-7,9-11H,1H3/t9-,10+,11+/m0/s1. The monoisotopic (exact) mass is 224 g/mol. The van der Waals surface area contributed by atoms with E-state index in [1.54, 1.807) is 0 Å². The molecule has 0 amide bonds. The maximum Gasteiger partial charge on any atom is 0.151 e. The smallest absolute Gasteiger partial charge is 0.151 e. The molecule has 1 aliphatic carbocycles. The third kappa shape index (κ3) is 1.81. The average Bonchev–Trinajstić information content (AvgIpc) is 2.92. The van der Waals surface area contributed by atoms with E-state index in [9.17, 15) is 13.2 Å². The Balaban J connectivity index is 2.31. The van der Waals surface area contributed by atoms with Gasteiger partial charge in [-0.3, -0.25) is 0 Å². The highest BCUT2D eigenvalue weighted by molar-refractivity contribution is 7.91. The molecule has 1 saturated carbocycles. The molecule has 15 heavy (non-hydrogen) atoms. The second-order valence-corrected chi connectivity index (χ2v) is 6.15. The summed E-state index contributed by atoms with van der Waals surface area (Å²) in [5.41, 5.74) is 0.935. The van der Waals surface area contributed by atoms with Crippen molar-refractivity contribution in [3.63, 3.8) is 0 Å². The molecule has 80 valence electrons. The molecule has 1 aliphatic rings. The van der Waals surface area contributed by atoms with Crippen LogP contribution in [0.1, 0.15) is 11.5 Å². The van der Waals surface area contributed by atoms with Crippen LogP contribution in [0.15, 0.2) is 30.3 Å². The van der Waals surface area contributed by atoms with E-state index < -0.39 is 15.1 Å². The van der Waals surface area contributed by atoms with Crippen molar-refractivity contribution in [3.05, 3.63) is 35.9 Å². The largest absolute Gasteiger partial charge is 0.303 e.